The maximum absolute atomic E-state index is 12.7. The fraction of sp³-hybridized carbons (Fsp3) is 0.421. The molecule has 8 heteroatoms. The van der Waals surface area contributed by atoms with Crippen molar-refractivity contribution < 1.29 is 18.8 Å². The number of hydrogen-bond acceptors (Lipinski definition) is 5. The van der Waals surface area contributed by atoms with Crippen LogP contribution in [-0.2, 0) is 4.74 Å². The molecule has 0 unspecified atom stereocenters. The largest absolute Gasteiger partial charge is 0.444 e. The third kappa shape index (κ3) is 4.80. The van der Waals surface area contributed by atoms with Crippen LogP contribution in [0.1, 0.15) is 31.3 Å². The molecule has 1 saturated heterocycles. The van der Waals surface area contributed by atoms with E-state index in [9.17, 15) is 9.59 Å². The van der Waals surface area contributed by atoms with Crippen molar-refractivity contribution in [3.8, 4) is 11.3 Å². The number of piperazine rings is 1. The van der Waals surface area contributed by atoms with E-state index in [1.165, 1.54) is 0 Å². The summed E-state index contributed by atoms with van der Waals surface area (Å²) in [5.41, 5.74) is 0.495. The molecule has 3 rings (SSSR count). The minimum Gasteiger partial charge on any atom is -0.444 e. The van der Waals surface area contributed by atoms with E-state index in [0.29, 0.717) is 37.0 Å². The number of hydrogen-bond donors (Lipinski definition) is 0. The molecule has 144 valence electrons. The van der Waals surface area contributed by atoms with Crippen molar-refractivity contribution in [3.63, 3.8) is 0 Å². The number of amides is 2. The van der Waals surface area contributed by atoms with Crippen molar-refractivity contribution in [3.05, 3.63) is 41.0 Å². The molecule has 2 amide bonds. The molecule has 1 aliphatic heterocycles. The van der Waals surface area contributed by atoms with Gasteiger partial charge in [-0.3, -0.25) is 4.79 Å². The number of rotatable bonds is 2. The van der Waals surface area contributed by atoms with E-state index < -0.39 is 5.60 Å². The topological polar surface area (TPSA) is 75.9 Å². The summed E-state index contributed by atoms with van der Waals surface area (Å²) in [6, 6.07) is 8.72. The number of halogens is 1. The second kappa shape index (κ2) is 7.60. The second-order valence-corrected chi connectivity index (χ2v) is 7.78. The first-order chi connectivity index (χ1) is 12.7. The zero-order valence-electron chi connectivity index (χ0n) is 15.6. The fourth-order valence-corrected chi connectivity index (χ4v) is 2.83. The molecular formula is C19H22ClN3O4. The molecule has 0 aliphatic carbocycles. The second-order valence-electron chi connectivity index (χ2n) is 7.34. The Morgan fingerprint density at radius 1 is 1.07 bits per heavy atom. The van der Waals surface area contributed by atoms with Gasteiger partial charge in [-0.1, -0.05) is 16.8 Å². The van der Waals surface area contributed by atoms with Crippen molar-refractivity contribution in [2.75, 3.05) is 26.2 Å². The summed E-state index contributed by atoms with van der Waals surface area (Å²) in [7, 11) is 0. The van der Waals surface area contributed by atoms with E-state index in [1.807, 2.05) is 20.8 Å². The molecular weight excluding hydrogens is 370 g/mol. The molecule has 0 bridgehead atoms. The Labute approximate surface area is 162 Å². The van der Waals surface area contributed by atoms with Crippen molar-refractivity contribution in [2.24, 2.45) is 0 Å². The first-order valence-corrected chi connectivity index (χ1v) is 9.10. The highest BCUT2D eigenvalue weighted by atomic mass is 35.5. The monoisotopic (exact) mass is 391 g/mol. The van der Waals surface area contributed by atoms with E-state index in [-0.39, 0.29) is 17.7 Å². The first kappa shape index (κ1) is 19.2. The lowest BCUT2D eigenvalue weighted by molar-refractivity contribution is 0.0139. The van der Waals surface area contributed by atoms with Crippen molar-refractivity contribution in [1.29, 1.82) is 0 Å². The highest BCUT2D eigenvalue weighted by Crippen LogP contribution is 2.23. The molecule has 1 aromatic heterocycles. The van der Waals surface area contributed by atoms with E-state index >= 15 is 0 Å². The molecule has 0 N–H and O–H groups in total. The predicted octanol–water partition coefficient (Wildman–Crippen LogP) is 3.69. The van der Waals surface area contributed by atoms with Crippen molar-refractivity contribution >= 4 is 23.6 Å². The minimum atomic E-state index is -0.539. The smallest absolute Gasteiger partial charge is 0.410 e. The number of ether oxygens (including phenoxy) is 1. The maximum Gasteiger partial charge on any atom is 0.410 e. The summed E-state index contributed by atoms with van der Waals surface area (Å²) in [5.74, 6) is 0.283. The van der Waals surface area contributed by atoms with Crippen LogP contribution >= 0.6 is 11.6 Å². The molecule has 1 aromatic carbocycles. The van der Waals surface area contributed by atoms with Gasteiger partial charge >= 0.3 is 6.09 Å². The lowest BCUT2D eigenvalue weighted by Gasteiger charge is -2.35. The summed E-state index contributed by atoms with van der Waals surface area (Å²) in [6.45, 7) is 7.15. The Morgan fingerprint density at radius 2 is 1.67 bits per heavy atom. The van der Waals surface area contributed by atoms with Gasteiger partial charge in [-0.15, -0.1) is 0 Å². The molecule has 27 heavy (non-hydrogen) atoms. The molecule has 2 aromatic rings. The number of aromatic nitrogens is 1. The van der Waals surface area contributed by atoms with Gasteiger partial charge in [0.25, 0.3) is 5.91 Å². The van der Waals surface area contributed by atoms with Crippen LogP contribution < -0.4 is 0 Å². The molecule has 1 aliphatic rings. The minimum absolute atomic E-state index is 0.220. The van der Waals surface area contributed by atoms with Crippen LogP contribution in [0, 0.1) is 0 Å². The SMILES string of the molecule is CC(C)(C)OC(=O)N1CCN(C(=O)c2cc(-c3ccc(Cl)cc3)on2)CC1. The van der Waals surface area contributed by atoms with Crippen LogP contribution in [0.25, 0.3) is 11.3 Å². The Kier molecular flexibility index (Phi) is 5.41. The van der Waals surface area contributed by atoms with Crippen LogP contribution in [0.15, 0.2) is 34.9 Å². The van der Waals surface area contributed by atoms with E-state index in [2.05, 4.69) is 5.16 Å². The van der Waals surface area contributed by atoms with E-state index in [1.54, 1.807) is 40.1 Å². The van der Waals surface area contributed by atoms with Crippen LogP contribution in [0.3, 0.4) is 0 Å². The molecule has 7 nitrogen and oxygen atoms in total. The predicted molar refractivity (Wildman–Crippen MR) is 101 cm³/mol. The highest BCUT2D eigenvalue weighted by Gasteiger charge is 2.29. The zero-order valence-corrected chi connectivity index (χ0v) is 16.3. The van der Waals surface area contributed by atoms with Gasteiger partial charge in [0.1, 0.15) is 5.60 Å². The number of nitrogens with zero attached hydrogens (tertiary/aromatic N) is 3. The third-order valence-electron chi connectivity index (χ3n) is 4.08. The lowest BCUT2D eigenvalue weighted by atomic mass is 10.1. The van der Waals surface area contributed by atoms with Crippen LogP contribution in [-0.4, -0.2) is 58.7 Å². The van der Waals surface area contributed by atoms with Crippen LogP contribution in [0.4, 0.5) is 4.79 Å². The lowest BCUT2D eigenvalue weighted by Crippen LogP contribution is -2.51. The van der Waals surface area contributed by atoms with Gasteiger partial charge in [0.2, 0.25) is 0 Å². The highest BCUT2D eigenvalue weighted by molar-refractivity contribution is 6.30. The Morgan fingerprint density at radius 3 is 2.26 bits per heavy atom. The molecule has 0 radical (unpaired) electrons. The summed E-state index contributed by atoms with van der Waals surface area (Å²) in [5, 5.41) is 4.51. The van der Waals surface area contributed by atoms with Gasteiger partial charge in [0.05, 0.1) is 0 Å². The third-order valence-corrected chi connectivity index (χ3v) is 4.33. The van der Waals surface area contributed by atoms with Gasteiger partial charge in [-0.05, 0) is 45.0 Å². The molecule has 2 heterocycles. The Balaban J connectivity index is 1.60. The summed E-state index contributed by atoms with van der Waals surface area (Å²) in [6.07, 6.45) is -0.360. The van der Waals surface area contributed by atoms with Crippen molar-refractivity contribution in [1.82, 2.24) is 15.0 Å². The van der Waals surface area contributed by atoms with Crippen LogP contribution in [0.2, 0.25) is 5.02 Å². The van der Waals surface area contributed by atoms with E-state index in [4.69, 9.17) is 20.9 Å². The van der Waals surface area contributed by atoms with E-state index in [0.717, 1.165) is 5.56 Å². The Hall–Kier alpha value is -2.54. The standard InChI is InChI=1S/C19H22ClN3O4/c1-19(2,3)26-18(25)23-10-8-22(9-11-23)17(24)15-12-16(27-21-15)13-4-6-14(20)7-5-13/h4-7,12H,8-11H2,1-3H3. The number of carbonyl (C=O) groups is 2. The normalized spacial score (nSPS) is 15.0. The van der Waals surface area contributed by atoms with Gasteiger partial charge in [0, 0.05) is 42.8 Å². The molecule has 0 spiro atoms. The number of benzene rings is 1. The van der Waals surface area contributed by atoms with Crippen molar-refractivity contribution in [2.45, 2.75) is 26.4 Å². The molecule has 0 saturated carbocycles. The molecule has 1 fully saturated rings. The van der Waals surface area contributed by atoms with Crippen LogP contribution in [0.5, 0.6) is 0 Å². The number of carbonyl (C=O) groups excluding carboxylic acids is 2. The zero-order chi connectivity index (χ0) is 19.6. The summed E-state index contributed by atoms with van der Waals surface area (Å²) in [4.78, 5) is 28.0. The van der Waals surface area contributed by atoms with Gasteiger partial charge in [-0.25, -0.2) is 4.79 Å². The van der Waals surface area contributed by atoms with Gasteiger partial charge in [-0.2, -0.15) is 0 Å². The summed E-state index contributed by atoms with van der Waals surface area (Å²) < 4.78 is 10.7. The average molecular weight is 392 g/mol. The maximum atomic E-state index is 12.7. The fourth-order valence-electron chi connectivity index (χ4n) is 2.71. The molecule has 0 atom stereocenters. The quantitative estimate of drug-likeness (QED) is 0.780. The first-order valence-electron chi connectivity index (χ1n) is 8.73. The van der Waals surface area contributed by atoms with Gasteiger partial charge in [0.15, 0.2) is 11.5 Å². The Bertz CT molecular complexity index is 818. The average Bonchev–Trinajstić information content (AvgIpc) is 3.10. The summed E-state index contributed by atoms with van der Waals surface area (Å²) >= 11 is 5.88. The van der Waals surface area contributed by atoms with Gasteiger partial charge < -0.3 is 19.1 Å².